The van der Waals surface area contributed by atoms with Crippen LogP contribution in [0.15, 0.2) is 107 Å². The molecule has 166 valence electrons. The van der Waals surface area contributed by atoms with E-state index in [2.05, 4.69) is 118 Å². The van der Waals surface area contributed by atoms with Crippen LogP contribution in [-0.4, -0.2) is 5.25 Å². The molecule has 0 aromatic heterocycles. The third-order valence-electron chi connectivity index (χ3n) is 7.13. The third kappa shape index (κ3) is 4.15. The number of rotatable bonds is 4. The van der Waals surface area contributed by atoms with E-state index in [0.717, 1.165) is 19.3 Å². The maximum atomic E-state index is 4.56. The van der Waals surface area contributed by atoms with E-state index in [9.17, 15) is 0 Å². The van der Waals surface area contributed by atoms with Crippen molar-refractivity contribution in [3.63, 3.8) is 0 Å². The molecule has 0 N–H and O–H groups in total. The lowest BCUT2D eigenvalue weighted by Gasteiger charge is -2.37. The normalized spacial score (nSPS) is 21.0. The summed E-state index contributed by atoms with van der Waals surface area (Å²) in [6.07, 6.45) is 17.2. The highest BCUT2D eigenvalue weighted by Gasteiger charge is 2.34. The second kappa shape index (κ2) is 9.23. The van der Waals surface area contributed by atoms with Crippen molar-refractivity contribution in [1.82, 2.24) is 0 Å². The van der Waals surface area contributed by atoms with Crippen LogP contribution in [0, 0.1) is 6.92 Å². The lowest BCUT2D eigenvalue weighted by Crippen LogP contribution is -2.19. The van der Waals surface area contributed by atoms with E-state index in [1.165, 1.54) is 50.1 Å². The lowest BCUT2D eigenvalue weighted by molar-refractivity contribution is 0.779. The summed E-state index contributed by atoms with van der Waals surface area (Å²) in [7, 11) is 0. The Morgan fingerprint density at radius 3 is 2.61 bits per heavy atom. The molecule has 3 aliphatic rings. The number of aryl methyl sites for hydroxylation is 1. The minimum Gasteiger partial charge on any atom is -0.172 e. The summed E-state index contributed by atoms with van der Waals surface area (Å²) < 4.78 is 0. The van der Waals surface area contributed by atoms with Gasteiger partial charge in [0.15, 0.2) is 0 Å². The van der Waals surface area contributed by atoms with Gasteiger partial charge in [-0.05, 0) is 96.2 Å². The van der Waals surface area contributed by atoms with Gasteiger partial charge >= 0.3 is 0 Å². The molecule has 0 aliphatic heterocycles. The molecule has 33 heavy (non-hydrogen) atoms. The summed E-state index contributed by atoms with van der Waals surface area (Å²) in [6.45, 7) is 6.41. The number of benzene rings is 2. The van der Waals surface area contributed by atoms with Crippen LogP contribution in [0.1, 0.15) is 61.3 Å². The molecule has 2 atom stereocenters. The molecule has 3 aliphatic carbocycles. The van der Waals surface area contributed by atoms with Gasteiger partial charge in [0, 0.05) is 11.2 Å². The van der Waals surface area contributed by atoms with Gasteiger partial charge in [-0.1, -0.05) is 84.5 Å². The maximum absolute atomic E-state index is 4.56. The Hall–Kier alpha value is -2.77. The van der Waals surface area contributed by atoms with Crippen LogP contribution in [0.3, 0.4) is 0 Å². The standard InChI is InChI=1S/C32H32S/c1-4-23(18-15-22(3)33)29-19-31-28-12-8-6-10-26(28)30(24-16-13-21(2)14-17-24)20-32(31)27-11-7-5-9-25(27)29/h4-7,9-11,13-19,22,32-33H,8,12,20H2,1-3H3/b18-15-,23-4+/t22-,32?/m0/s1. The summed E-state index contributed by atoms with van der Waals surface area (Å²) in [5.74, 6) is 0.414. The van der Waals surface area contributed by atoms with Crippen molar-refractivity contribution in [3.05, 3.63) is 130 Å². The van der Waals surface area contributed by atoms with Crippen LogP contribution in [0.4, 0.5) is 0 Å². The molecule has 2 aromatic carbocycles. The van der Waals surface area contributed by atoms with Crippen LogP contribution < -0.4 is 0 Å². The quantitative estimate of drug-likeness (QED) is 0.350. The van der Waals surface area contributed by atoms with Crippen LogP contribution in [-0.2, 0) is 0 Å². The van der Waals surface area contributed by atoms with E-state index in [0.29, 0.717) is 5.92 Å². The monoisotopic (exact) mass is 448 g/mol. The summed E-state index contributed by atoms with van der Waals surface area (Å²) in [4.78, 5) is 0. The average Bonchev–Trinajstić information content (AvgIpc) is 2.84. The van der Waals surface area contributed by atoms with Crippen molar-refractivity contribution >= 4 is 23.8 Å². The Kier molecular flexibility index (Phi) is 6.17. The number of fused-ring (bicyclic) bond motifs is 4. The molecule has 0 spiro atoms. The number of thiol groups is 1. The molecule has 5 rings (SSSR count). The van der Waals surface area contributed by atoms with Gasteiger partial charge in [-0.3, -0.25) is 0 Å². The molecular weight excluding hydrogens is 416 g/mol. The topological polar surface area (TPSA) is 0 Å². The fourth-order valence-electron chi connectivity index (χ4n) is 5.48. The molecule has 0 nitrogen and oxygen atoms in total. The fourth-order valence-corrected chi connectivity index (χ4v) is 5.56. The second-order valence-electron chi connectivity index (χ2n) is 9.38. The smallest absolute Gasteiger partial charge is 0.0171 e. The molecule has 2 aromatic rings. The molecule has 0 amide bonds. The molecule has 1 heteroatoms. The fraction of sp³-hybridized carbons (Fsp3) is 0.250. The molecular formula is C32H32S. The molecule has 0 saturated carbocycles. The zero-order valence-electron chi connectivity index (χ0n) is 19.8. The molecule has 0 fully saturated rings. The van der Waals surface area contributed by atoms with E-state index >= 15 is 0 Å². The minimum atomic E-state index is 0.235. The van der Waals surface area contributed by atoms with Gasteiger partial charge in [0.25, 0.3) is 0 Å². The van der Waals surface area contributed by atoms with Crippen molar-refractivity contribution in [2.24, 2.45) is 0 Å². The van der Waals surface area contributed by atoms with Gasteiger partial charge in [0.2, 0.25) is 0 Å². The van der Waals surface area contributed by atoms with Crippen molar-refractivity contribution < 1.29 is 0 Å². The summed E-state index contributed by atoms with van der Waals surface area (Å²) >= 11 is 4.56. The van der Waals surface area contributed by atoms with E-state index in [4.69, 9.17) is 0 Å². The van der Waals surface area contributed by atoms with Gasteiger partial charge in [-0.2, -0.15) is 12.6 Å². The molecule has 0 saturated heterocycles. The number of allylic oxidation sites excluding steroid dienone is 11. The van der Waals surface area contributed by atoms with Crippen molar-refractivity contribution in [2.45, 2.75) is 51.2 Å². The molecule has 0 radical (unpaired) electrons. The largest absolute Gasteiger partial charge is 0.172 e. The van der Waals surface area contributed by atoms with Gasteiger partial charge < -0.3 is 0 Å². The summed E-state index contributed by atoms with van der Waals surface area (Å²) in [5.41, 5.74) is 14.1. The van der Waals surface area contributed by atoms with Crippen molar-refractivity contribution in [1.29, 1.82) is 0 Å². The summed E-state index contributed by atoms with van der Waals surface area (Å²) in [6, 6.07) is 18.1. The Balaban J connectivity index is 1.72. The summed E-state index contributed by atoms with van der Waals surface area (Å²) in [5, 5.41) is 0.235. The SMILES string of the molecule is C/C=C(\C=C/[C@H](C)S)C1=CC2=C3CCC=CC3=C(c3ccc(C)cc3)CC2c2ccccc21. The van der Waals surface area contributed by atoms with Crippen molar-refractivity contribution in [3.8, 4) is 0 Å². The van der Waals surface area contributed by atoms with E-state index < -0.39 is 0 Å². The highest BCUT2D eigenvalue weighted by molar-refractivity contribution is 7.81. The Morgan fingerprint density at radius 2 is 1.85 bits per heavy atom. The zero-order valence-corrected chi connectivity index (χ0v) is 20.7. The number of hydrogen-bond donors (Lipinski definition) is 1. The van der Waals surface area contributed by atoms with Crippen LogP contribution in [0.5, 0.6) is 0 Å². The minimum absolute atomic E-state index is 0.235. The van der Waals surface area contributed by atoms with Gasteiger partial charge in [-0.25, -0.2) is 0 Å². The van der Waals surface area contributed by atoms with Crippen LogP contribution in [0.25, 0.3) is 11.1 Å². The van der Waals surface area contributed by atoms with Gasteiger partial charge in [-0.15, -0.1) is 0 Å². The van der Waals surface area contributed by atoms with Gasteiger partial charge in [0.05, 0.1) is 0 Å². The van der Waals surface area contributed by atoms with E-state index in [-0.39, 0.29) is 5.25 Å². The Bertz CT molecular complexity index is 1260. The van der Waals surface area contributed by atoms with E-state index in [1.807, 2.05) is 0 Å². The van der Waals surface area contributed by atoms with Crippen LogP contribution in [0.2, 0.25) is 0 Å². The highest BCUT2D eigenvalue weighted by atomic mass is 32.1. The Morgan fingerprint density at radius 1 is 1.06 bits per heavy atom. The Labute approximate surface area is 204 Å². The van der Waals surface area contributed by atoms with Gasteiger partial charge in [0.1, 0.15) is 0 Å². The predicted molar refractivity (Wildman–Crippen MR) is 147 cm³/mol. The molecule has 0 bridgehead atoms. The molecule has 0 heterocycles. The highest BCUT2D eigenvalue weighted by Crippen LogP contribution is 2.52. The first kappa shape index (κ1) is 22.0. The predicted octanol–water partition coefficient (Wildman–Crippen LogP) is 8.80. The van der Waals surface area contributed by atoms with Crippen molar-refractivity contribution in [2.75, 3.05) is 0 Å². The maximum Gasteiger partial charge on any atom is 0.0171 e. The zero-order chi connectivity index (χ0) is 22.9. The average molecular weight is 449 g/mol. The molecule has 1 unspecified atom stereocenters. The second-order valence-corrected chi connectivity index (χ2v) is 10.2. The first-order chi connectivity index (χ1) is 16.1. The van der Waals surface area contributed by atoms with Crippen LogP contribution >= 0.6 is 12.6 Å². The number of hydrogen-bond acceptors (Lipinski definition) is 1. The van der Waals surface area contributed by atoms with E-state index in [1.54, 1.807) is 5.57 Å². The third-order valence-corrected chi connectivity index (χ3v) is 7.30. The lowest BCUT2D eigenvalue weighted by atomic mass is 9.67. The first-order valence-electron chi connectivity index (χ1n) is 12.1. The first-order valence-corrected chi connectivity index (χ1v) is 12.6.